The van der Waals surface area contributed by atoms with E-state index in [9.17, 15) is 9.59 Å². The lowest BCUT2D eigenvalue weighted by atomic mass is 9.94. The van der Waals surface area contributed by atoms with Crippen LogP contribution in [0.5, 0.6) is 17.2 Å². The minimum absolute atomic E-state index is 0.0588. The molecule has 0 bridgehead atoms. The summed E-state index contributed by atoms with van der Waals surface area (Å²) in [6.45, 7) is 7.61. The molecular weight excluding hydrogens is 412 g/mol. The van der Waals surface area contributed by atoms with Crippen LogP contribution in [0.3, 0.4) is 0 Å². The van der Waals surface area contributed by atoms with Crippen molar-refractivity contribution in [2.24, 2.45) is 5.41 Å². The fourth-order valence-corrected chi connectivity index (χ4v) is 3.39. The monoisotopic (exact) mass is 442 g/mol. The van der Waals surface area contributed by atoms with Crippen LogP contribution in [0.15, 0.2) is 30.3 Å². The lowest BCUT2D eigenvalue weighted by Crippen LogP contribution is -2.34. The van der Waals surface area contributed by atoms with Crippen molar-refractivity contribution in [3.63, 3.8) is 0 Å². The maximum Gasteiger partial charge on any atom is 0.338 e. The van der Waals surface area contributed by atoms with Gasteiger partial charge in [0.25, 0.3) is 0 Å². The van der Waals surface area contributed by atoms with Crippen LogP contribution in [0.1, 0.15) is 50.0 Å². The SMILES string of the molecule is CC[C@@H](C)OC(=O)C(C)(C)COc1c(-c2cccc3c2COC3=O)ccc(OC)c1OC. The summed E-state index contributed by atoms with van der Waals surface area (Å²) in [5, 5.41) is 0. The van der Waals surface area contributed by atoms with E-state index in [1.54, 1.807) is 39.2 Å². The van der Waals surface area contributed by atoms with Gasteiger partial charge in [0.1, 0.15) is 13.2 Å². The highest BCUT2D eigenvalue weighted by Gasteiger charge is 2.33. The summed E-state index contributed by atoms with van der Waals surface area (Å²) in [5.74, 6) is 0.627. The van der Waals surface area contributed by atoms with Crippen LogP contribution in [-0.4, -0.2) is 38.9 Å². The number of esters is 2. The molecule has 32 heavy (non-hydrogen) atoms. The number of fused-ring (bicyclic) bond motifs is 1. The standard InChI is InChI=1S/C25H30O7/c1-7-15(2)32-24(27)25(3,4)14-31-21-17(11-12-20(28-5)22(21)29-6)16-9-8-10-18-19(16)13-30-23(18)26/h8-12,15H,7,13-14H2,1-6H3/t15-/m1/s1. The highest BCUT2D eigenvalue weighted by atomic mass is 16.6. The molecule has 1 atom stereocenters. The molecule has 0 fully saturated rings. The number of benzene rings is 2. The molecule has 0 spiro atoms. The number of carbonyl (C=O) groups excluding carboxylic acids is 2. The molecule has 0 aromatic heterocycles. The minimum Gasteiger partial charge on any atom is -0.493 e. The molecule has 2 aromatic rings. The Morgan fingerprint density at radius 2 is 1.78 bits per heavy atom. The van der Waals surface area contributed by atoms with Gasteiger partial charge < -0.3 is 23.7 Å². The Kier molecular flexibility index (Phi) is 6.96. The number of methoxy groups -OCH3 is 2. The molecule has 0 amide bonds. The van der Waals surface area contributed by atoms with Crippen molar-refractivity contribution < 1.29 is 33.3 Å². The first kappa shape index (κ1) is 23.4. The first-order chi connectivity index (χ1) is 15.2. The van der Waals surface area contributed by atoms with Gasteiger partial charge in [-0.25, -0.2) is 4.79 Å². The number of carbonyl (C=O) groups is 2. The molecule has 0 unspecified atom stereocenters. The number of hydrogen-bond acceptors (Lipinski definition) is 7. The summed E-state index contributed by atoms with van der Waals surface area (Å²) in [6.07, 6.45) is 0.560. The first-order valence-electron chi connectivity index (χ1n) is 10.6. The molecule has 0 N–H and O–H groups in total. The van der Waals surface area contributed by atoms with Crippen molar-refractivity contribution in [1.29, 1.82) is 0 Å². The van der Waals surface area contributed by atoms with Gasteiger partial charge in [-0.3, -0.25) is 4.79 Å². The minimum atomic E-state index is -0.896. The van der Waals surface area contributed by atoms with Crippen molar-refractivity contribution >= 4 is 11.9 Å². The van der Waals surface area contributed by atoms with Gasteiger partial charge >= 0.3 is 11.9 Å². The van der Waals surface area contributed by atoms with E-state index in [2.05, 4.69) is 0 Å². The van der Waals surface area contributed by atoms with Crippen LogP contribution >= 0.6 is 0 Å². The molecule has 1 aliphatic heterocycles. The van der Waals surface area contributed by atoms with Crippen molar-refractivity contribution in [1.82, 2.24) is 0 Å². The van der Waals surface area contributed by atoms with Crippen LogP contribution in [-0.2, 0) is 20.9 Å². The second-order valence-corrected chi connectivity index (χ2v) is 8.38. The molecule has 1 heterocycles. The molecule has 0 radical (unpaired) electrons. The van der Waals surface area contributed by atoms with E-state index >= 15 is 0 Å². The van der Waals surface area contributed by atoms with Crippen LogP contribution < -0.4 is 14.2 Å². The third-order valence-corrected chi connectivity index (χ3v) is 5.55. The average Bonchev–Trinajstić information content (AvgIpc) is 3.17. The highest BCUT2D eigenvalue weighted by Crippen LogP contribution is 2.46. The Morgan fingerprint density at radius 3 is 2.44 bits per heavy atom. The predicted octanol–water partition coefficient (Wildman–Crippen LogP) is 4.79. The fraction of sp³-hybridized carbons (Fsp3) is 0.440. The van der Waals surface area contributed by atoms with Gasteiger partial charge in [0.2, 0.25) is 5.75 Å². The molecule has 7 nitrogen and oxygen atoms in total. The summed E-state index contributed by atoms with van der Waals surface area (Å²) < 4.78 is 28.0. The topological polar surface area (TPSA) is 80.3 Å². The predicted molar refractivity (Wildman–Crippen MR) is 119 cm³/mol. The highest BCUT2D eigenvalue weighted by molar-refractivity contribution is 5.96. The molecule has 3 rings (SSSR count). The van der Waals surface area contributed by atoms with E-state index in [1.165, 1.54) is 7.11 Å². The molecule has 172 valence electrons. The smallest absolute Gasteiger partial charge is 0.338 e. The second kappa shape index (κ2) is 9.51. The summed E-state index contributed by atoms with van der Waals surface area (Å²) in [4.78, 5) is 24.7. The Bertz CT molecular complexity index is 1010. The Morgan fingerprint density at radius 1 is 1.06 bits per heavy atom. The second-order valence-electron chi connectivity index (χ2n) is 8.38. The lowest BCUT2D eigenvalue weighted by molar-refractivity contribution is -0.160. The largest absolute Gasteiger partial charge is 0.493 e. The van der Waals surface area contributed by atoms with E-state index in [-0.39, 0.29) is 31.3 Å². The lowest BCUT2D eigenvalue weighted by Gasteiger charge is -2.26. The van der Waals surface area contributed by atoms with Gasteiger partial charge in [0.05, 0.1) is 31.3 Å². The Hall–Kier alpha value is -3.22. The maximum atomic E-state index is 12.7. The summed E-state index contributed by atoms with van der Waals surface area (Å²) in [5.41, 5.74) is 1.92. The van der Waals surface area contributed by atoms with Gasteiger partial charge in [0, 0.05) is 11.1 Å². The zero-order chi connectivity index (χ0) is 23.5. The maximum absolute atomic E-state index is 12.7. The van der Waals surface area contributed by atoms with E-state index in [4.69, 9.17) is 23.7 Å². The molecular formula is C25H30O7. The van der Waals surface area contributed by atoms with Crippen molar-refractivity contribution in [3.05, 3.63) is 41.5 Å². The molecule has 0 saturated carbocycles. The summed E-state index contributed by atoms with van der Waals surface area (Å²) in [6, 6.07) is 9.06. The summed E-state index contributed by atoms with van der Waals surface area (Å²) >= 11 is 0. The number of rotatable bonds is 9. The fourth-order valence-electron chi connectivity index (χ4n) is 3.39. The quantitative estimate of drug-likeness (QED) is 0.517. The Labute approximate surface area is 188 Å². The molecule has 2 aromatic carbocycles. The van der Waals surface area contributed by atoms with Crippen LogP contribution in [0.4, 0.5) is 0 Å². The molecule has 1 aliphatic rings. The zero-order valence-corrected chi connectivity index (χ0v) is 19.4. The van der Waals surface area contributed by atoms with E-state index in [1.807, 2.05) is 26.0 Å². The van der Waals surface area contributed by atoms with Crippen LogP contribution in [0, 0.1) is 5.41 Å². The van der Waals surface area contributed by atoms with Gasteiger partial charge in [-0.05, 0) is 51.0 Å². The van der Waals surface area contributed by atoms with E-state index < -0.39 is 5.41 Å². The van der Waals surface area contributed by atoms with Crippen LogP contribution in [0.25, 0.3) is 11.1 Å². The number of cyclic esters (lactones) is 1. The Balaban J connectivity index is 2.02. The van der Waals surface area contributed by atoms with Crippen molar-refractivity contribution in [2.75, 3.05) is 20.8 Å². The zero-order valence-electron chi connectivity index (χ0n) is 19.4. The number of ether oxygens (including phenoxy) is 5. The summed E-state index contributed by atoms with van der Waals surface area (Å²) in [7, 11) is 3.07. The third kappa shape index (κ3) is 4.52. The van der Waals surface area contributed by atoms with Crippen LogP contribution in [0.2, 0.25) is 0 Å². The van der Waals surface area contributed by atoms with Crippen molar-refractivity contribution in [3.8, 4) is 28.4 Å². The van der Waals surface area contributed by atoms with E-state index in [0.29, 0.717) is 28.4 Å². The normalized spacial score (nSPS) is 13.8. The van der Waals surface area contributed by atoms with E-state index in [0.717, 1.165) is 17.5 Å². The third-order valence-electron chi connectivity index (χ3n) is 5.55. The molecule has 0 aliphatic carbocycles. The van der Waals surface area contributed by atoms with Gasteiger partial charge in [-0.15, -0.1) is 0 Å². The number of hydrogen-bond donors (Lipinski definition) is 0. The average molecular weight is 443 g/mol. The van der Waals surface area contributed by atoms with Gasteiger partial charge in [0.15, 0.2) is 11.5 Å². The van der Waals surface area contributed by atoms with Gasteiger partial charge in [-0.2, -0.15) is 0 Å². The first-order valence-corrected chi connectivity index (χ1v) is 10.6. The molecule has 0 saturated heterocycles. The van der Waals surface area contributed by atoms with Gasteiger partial charge in [-0.1, -0.05) is 19.1 Å². The molecule has 7 heteroatoms. The van der Waals surface area contributed by atoms with Crippen molar-refractivity contribution in [2.45, 2.75) is 46.8 Å².